The molecule has 2 heterocycles. The minimum absolute atomic E-state index is 0.106. The Kier molecular flexibility index (Phi) is 5.07. The Bertz CT molecular complexity index is 1450. The van der Waals surface area contributed by atoms with Gasteiger partial charge in [-0.1, -0.05) is 76.1 Å². The van der Waals surface area contributed by atoms with E-state index in [0.29, 0.717) is 0 Å². The van der Waals surface area contributed by atoms with Crippen molar-refractivity contribution in [3.63, 3.8) is 0 Å². The van der Waals surface area contributed by atoms with Gasteiger partial charge in [-0.2, -0.15) is 5.10 Å². The Morgan fingerprint density at radius 3 is 2.52 bits per heavy atom. The highest BCUT2D eigenvalue weighted by Gasteiger charge is 2.42. The van der Waals surface area contributed by atoms with Crippen LogP contribution in [0, 0.1) is 13.8 Å². The summed E-state index contributed by atoms with van der Waals surface area (Å²) < 4.78 is 8.63. The Balaban J connectivity index is 1.49. The molecule has 0 radical (unpaired) electrons. The topological polar surface area (TPSA) is 24.8 Å². The van der Waals surface area contributed by atoms with E-state index < -0.39 is 0 Å². The number of rotatable bonds is 2. The van der Waals surface area contributed by atoms with Gasteiger partial charge in [-0.3, -0.25) is 0 Å². The van der Waals surface area contributed by atoms with Crippen LogP contribution in [0.2, 0.25) is 0 Å². The highest BCUT2D eigenvalue weighted by Crippen LogP contribution is 2.51. The predicted molar refractivity (Wildman–Crippen MR) is 141 cm³/mol. The number of hydrazone groups is 1. The number of halogens is 2. The highest BCUT2D eigenvalue weighted by molar-refractivity contribution is 9.11. The zero-order chi connectivity index (χ0) is 22.7. The summed E-state index contributed by atoms with van der Waals surface area (Å²) in [6.45, 7) is 4.27. The van der Waals surface area contributed by atoms with Crippen molar-refractivity contribution in [3.8, 4) is 5.75 Å². The lowest BCUT2D eigenvalue weighted by atomic mass is 9.94. The number of hydrogen-bond donors (Lipinski definition) is 0. The first kappa shape index (κ1) is 20.9. The molecule has 3 nitrogen and oxygen atoms in total. The number of benzene rings is 4. The van der Waals surface area contributed by atoms with Crippen molar-refractivity contribution in [2.24, 2.45) is 5.10 Å². The average molecular weight is 562 g/mol. The molecule has 6 rings (SSSR count). The van der Waals surface area contributed by atoms with E-state index in [1.165, 1.54) is 21.9 Å². The second-order valence-corrected chi connectivity index (χ2v) is 10.6. The molecule has 0 saturated carbocycles. The van der Waals surface area contributed by atoms with E-state index >= 15 is 0 Å². The maximum absolute atomic E-state index is 6.64. The lowest BCUT2D eigenvalue weighted by Crippen LogP contribution is -2.34. The molecule has 2 aliphatic heterocycles. The predicted octanol–water partition coefficient (Wildman–Crippen LogP) is 8.22. The molecule has 0 spiro atoms. The molecule has 4 aromatic rings. The summed E-state index contributed by atoms with van der Waals surface area (Å²) in [7, 11) is 0. The van der Waals surface area contributed by atoms with E-state index in [-0.39, 0.29) is 12.3 Å². The Morgan fingerprint density at radius 2 is 1.70 bits per heavy atom. The van der Waals surface area contributed by atoms with Crippen LogP contribution in [0.4, 0.5) is 0 Å². The fraction of sp³-hybridized carbons (Fsp3) is 0.179. The molecule has 0 unspecified atom stereocenters. The fourth-order valence-electron chi connectivity index (χ4n) is 4.97. The van der Waals surface area contributed by atoms with Crippen LogP contribution in [0.1, 0.15) is 46.5 Å². The molecule has 33 heavy (non-hydrogen) atoms. The van der Waals surface area contributed by atoms with Crippen molar-refractivity contribution in [3.05, 3.63) is 110 Å². The summed E-state index contributed by atoms with van der Waals surface area (Å²) >= 11 is 7.40. The van der Waals surface area contributed by atoms with Crippen molar-refractivity contribution in [2.45, 2.75) is 32.5 Å². The quantitative estimate of drug-likeness (QED) is 0.246. The van der Waals surface area contributed by atoms with Gasteiger partial charge in [0.1, 0.15) is 5.75 Å². The van der Waals surface area contributed by atoms with Crippen LogP contribution < -0.4 is 4.74 Å². The number of nitrogens with zero attached hydrogens (tertiary/aromatic N) is 2. The fourth-order valence-corrected chi connectivity index (χ4v) is 6.32. The molecule has 0 aromatic heterocycles. The minimum atomic E-state index is -0.279. The molecule has 2 atom stereocenters. The summed E-state index contributed by atoms with van der Waals surface area (Å²) in [5, 5.41) is 9.79. The number of fused-ring (bicyclic) bond motifs is 4. The van der Waals surface area contributed by atoms with Gasteiger partial charge in [-0.05, 0) is 69.9 Å². The van der Waals surface area contributed by atoms with Gasteiger partial charge in [-0.15, -0.1) is 0 Å². The second kappa shape index (κ2) is 8.00. The average Bonchev–Trinajstić information content (AvgIpc) is 3.25. The molecule has 0 amide bonds. The largest absolute Gasteiger partial charge is 0.463 e. The molecule has 5 heteroatoms. The Morgan fingerprint density at radius 1 is 0.879 bits per heavy atom. The van der Waals surface area contributed by atoms with Crippen LogP contribution in [-0.2, 0) is 0 Å². The summed E-state index contributed by atoms with van der Waals surface area (Å²) in [5.41, 5.74) is 7.01. The van der Waals surface area contributed by atoms with Gasteiger partial charge in [0.2, 0.25) is 6.23 Å². The maximum Gasteiger partial charge on any atom is 0.214 e. The summed E-state index contributed by atoms with van der Waals surface area (Å²) in [6.07, 6.45) is 0.553. The van der Waals surface area contributed by atoms with E-state index in [9.17, 15) is 0 Å². The van der Waals surface area contributed by atoms with Gasteiger partial charge in [0.25, 0.3) is 0 Å². The molecule has 0 bridgehead atoms. The van der Waals surface area contributed by atoms with E-state index in [1.54, 1.807) is 0 Å². The molecule has 0 N–H and O–H groups in total. The zero-order valence-corrected chi connectivity index (χ0v) is 21.5. The highest BCUT2D eigenvalue weighted by atomic mass is 79.9. The van der Waals surface area contributed by atoms with Crippen LogP contribution in [0.25, 0.3) is 10.8 Å². The van der Waals surface area contributed by atoms with E-state index in [1.807, 2.05) is 6.07 Å². The third-order valence-corrected chi connectivity index (χ3v) is 7.63. The van der Waals surface area contributed by atoms with Crippen LogP contribution >= 0.6 is 31.9 Å². The van der Waals surface area contributed by atoms with Gasteiger partial charge >= 0.3 is 0 Å². The van der Waals surface area contributed by atoms with Gasteiger partial charge in [-0.25, -0.2) is 5.01 Å². The standard InChI is InChI=1S/C28H22Br2N2O/c1-16-7-10-22(17(2)11-16)28-32-26(23-13-21(29)14-24(30)27(23)33-28)15-25(31-32)20-9-8-18-5-3-4-6-19(18)12-20/h3-14,26,28H,15H2,1-2H3/t26-,28-/m1/s1. The third-order valence-electron chi connectivity index (χ3n) is 6.58. The first-order valence-corrected chi connectivity index (χ1v) is 12.6. The van der Waals surface area contributed by atoms with Crippen LogP contribution in [0.5, 0.6) is 5.75 Å². The SMILES string of the molecule is Cc1ccc([C@H]2Oc3c(Br)cc(Br)cc3[C@H]3CC(c4ccc5ccccc5c4)=NN32)c(C)c1. The van der Waals surface area contributed by atoms with Gasteiger partial charge in [0, 0.05) is 22.0 Å². The Labute approximate surface area is 210 Å². The van der Waals surface area contributed by atoms with Gasteiger partial charge in [0.05, 0.1) is 16.2 Å². The normalized spacial score (nSPS) is 19.2. The van der Waals surface area contributed by atoms with Crippen molar-refractivity contribution >= 4 is 48.3 Å². The summed E-state index contributed by atoms with van der Waals surface area (Å²) in [4.78, 5) is 0. The third kappa shape index (κ3) is 3.58. The number of hydrogen-bond acceptors (Lipinski definition) is 3. The van der Waals surface area contributed by atoms with Crippen LogP contribution in [-0.4, -0.2) is 10.7 Å². The monoisotopic (exact) mass is 560 g/mol. The molecule has 0 aliphatic carbocycles. The molecule has 4 aromatic carbocycles. The van der Waals surface area contributed by atoms with Crippen molar-refractivity contribution in [1.82, 2.24) is 5.01 Å². The Hall–Kier alpha value is -2.63. The smallest absolute Gasteiger partial charge is 0.214 e. The molecule has 0 fully saturated rings. The van der Waals surface area contributed by atoms with Crippen LogP contribution in [0.15, 0.2) is 86.8 Å². The number of ether oxygens (including phenoxy) is 1. The van der Waals surface area contributed by atoms with E-state index in [0.717, 1.165) is 43.5 Å². The first-order valence-electron chi connectivity index (χ1n) is 11.1. The van der Waals surface area contributed by atoms with E-state index in [4.69, 9.17) is 9.84 Å². The van der Waals surface area contributed by atoms with Gasteiger partial charge in [0.15, 0.2) is 0 Å². The lowest BCUT2D eigenvalue weighted by Gasteiger charge is -2.39. The second-order valence-electron chi connectivity index (χ2n) is 8.84. The van der Waals surface area contributed by atoms with E-state index in [2.05, 4.69) is 117 Å². The van der Waals surface area contributed by atoms with Crippen LogP contribution in [0.3, 0.4) is 0 Å². The van der Waals surface area contributed by atoms with Crippen molar-refractivity contribution in [2.75, 3.05) is 0 Å². The lowest BCUT2D eigenvalue weighted by molar-refractivity contribution is -0.0201. The summed E-state index contributed by atoms with van der Waals surface area (Å²) in [5.74, 6) is 0.902. The first-order chi connectivity index (χ1) is 16.0. The molecular weight excluding hydrogens is 540 g/mol. The van der Waals surface area contributed by atoms with Crippen molar-refractivity contribution in [1.29, 1.82) is 0 Å². The minimum Gasteiger partial charge on any atom is -0.463 e. The zero-order valence-electron chi connectivity index (χ0n) is 18.3. The molecular formula is C28H22Br2N2O. The molecule has 2 aliphatic rings. The van der Waals surface area contributed by atoms with Crippen molar-refractivity contribution < 1.29 is 4.74 Å². The molecule has 0 saturated heterocycles. The maximum atomic E-state index is 6.64. The molecule has 164 valence electrons. The summed E-state index contributed by atoms with van der Waals surface area (Å²) in [6, 6.07) is 25.9. The van der Waals surface area contributed by atoms with Gasteiger partial charge < -0.3 is 4.74 Å². The number of aryl methyl sites for hydroxylation is 2.